The van der Waals surface area contributed by atoms with Crippen LogP contribution >= 0.6 is 11.6 Å². The van der Waals surface area contributed by atoms with Crippen LogP contribution in [0.4, 0.5) is 4.39 Å². The molecule has 0 radical (unpaired) electrons. The van der Waals surface area contributed by atoms with E-state index in [2.05, 4.69) is 0 Å². The number of halogens is 2. The molecule has 0 bridgehead atoms. The molecule has 0 aliphatic rings. The van der Waals surface area contributed by atoms with Crippen molar-refractivity contribution < 1.29 is 13.9 Å². The maximum Gasteiger partial charge on any atom is 0.216 e. The van der Waals surface area contributed by atoms with Gasteiger partial charge in [-0.15, -0.1) is 0 Å². The topological polar surface area (TPSA) is 31.2 Å². The molecule has 2 aromatic rings. The molecule has 18 heavy (non-hydrogen) atoms. The van der Waals surface area contributed by atoms with Crippen molar-refractivity contribution in [3.05, 3.63) is 53.1 Å². The van der Waals surface area contributed by atoms with Crippen molar-refractivity contribution in [2.75, 3.05) is 6.61 Å². The van der Waals surface area contributed by atoms with Gasteiger partial charge in [-0.3, -0.25) is 4.79 Å². The lowest BCUT2D eigenvalue weighted by Crippen LogP contribution is -2.15. The lowest BCUT2D eigenvalue weighted by molar-refractivity contribution is 0.0910. The molecular formula is C13H11ClFNO2. The van der Waals surface area contributed by atoms with Crippen molar-refractivity contribution in [2.45, 2.75) is 0 Å². The zero-order valence-electron chi connectivity index (χ0n) is 9.69. The van der Waals surface area contributed by atoms with Crippen LogP contribution in [0, 0.1) is 5.82 Å². The van der Waals surface area contributed by atoms with Gasteiger partial charge in [0, 0.05) is 13.2 Å². The van der Waals surface area contributed by atoms with E-state index in [-0.39, 0.29) is 23.2 Å². The smallest absolute Gasteiger partial charge is 0.216 e. The summed E-state index contributed by atoms with van der Waals surface area (Å²) in [7, 11) is 1.75. The predicted molar refractivity (Wildman–Crippen MR) is 66.6 cm³/mol. The molecule has 5 heteroatoms. The molecule has 0 unspecified atom stereocenters. The van der Waals surface area contributed by atoms with E-state index in [0.717, 1.165) is 0 Å². The first-order chi connectivity index (χ1) is 8.59. The van der Waals surface area contributed by atoms with Gasteiger partial charge < -0.3 is 9.30 Å². The van der Waals surface area contributed by atoms with E-state index < -0.39 is 5.82 Å². The van der Waals surface area contributed by atoms with Gasteiger partial charge in [-0.25, -0.2) is 4.39 Å². The molecule has 0 saturated carbocycles. The van der Waals surface area contributed by atoms with Crippen molar-refractivity contribution >= 4 is 17.4 Å². The quantitative estimate of drug-likeness (QED) is 0.797. The fourth-order valence-electron chi connectivity index (χ4n) is 1.58. The molecule has 0 fully saturated rings. The first kappa shape index (κ1) is 12.6. The van der Waals surface area contributed by atoms with Crippen LogP contribution in [0.15, 0.2) is 36.5 Å². The number of carbonyl (C=O) groups excluding carboxylic acids is 1. The van der Waals surface area contributed by atoms with Crippen molar-refractivity contribution in [3.63, 3.8) is 0 Å². The number of aryl methyl sites for hydroxylation is 1. The number of ketones is 1. The SMILES string of the molecule is Cn1cccc1C(=O)COc1c(F)cccc1Cl. The minimum atomic E-state index is -0.581. The standard InChI is InChI=1S/C13H11ClFNO2/c1-16-7-3-6-11(16)12(17)8-18-13-9(14)4-2-5-10(13)15/h2-7H,8H2,1H3. The molecule has 1 heterocycles. The van der Waals surface area contributed by atoms with Gasteiger partial charge in [0.15, 0.2) is 18.2 Å². The Labute approximate surface area is 109 Å². The third-order valence-electron chi connectivity index (χ3n) is 2.50. The minimum Gasteiger partial charge on any atom is -0.481 e. The summed E-state index contributed by atoms with van der Waals surface area (Å²) in [6.45, 7) is -0.251. The molecule has 0 amide bonds. The summed E-state index contributed by atoms with van der Waals surface area (Å²) >= 11 is 5.79. The monoisotopic (exact) mass is 267 g/mol. The fraction of sp³-hybridized carbons (Fsp3) is 0.154. The van der Waals surface area contributed by atoms with Crippen LogP contribution < -0.4 is 4.74 Å². The summed E-state index contributed by atoms with van der Waals surface area (Å²) < 4.78 is 20.2. The zero-order valence-corrected chi connectivity index (χ0v) is 10.4. The Hall–Kier alpha value is -1.81. The molecule has 0 aliphatic carbocycles. The Morgan fingerprint density at radius 3 is 2.78 bits per heavy atom. The molecule has 0 spiro atoms. The number of benzene rings is 1. The molecule has 1 aromatic heterocycles. The summed E-state index contributed by atoms with van der Waals surface area (Å²) in [6, 6.07) is 7.64. The molecule has 2 rings (SSSR count). The number of hydrogen-bond acceptors (Lipinski definition) is 2. The third kappa shape index (κ3) is 2.54. The highest BCUT2D eigenvalue weighted by Crippen LogP contribution is 2.27. The van der Waals surface area contributed by atoms with Gasteiger partial charge in [0.05, 0.1) is 10.7 Å². The van der Waals surface area contributed by atoms with Gasteiger partial charge in [0.1, 0.15) is 0 Å². The largest absolute Gasteiger partial charge is 0.481 e. The number of para-hydroxylation sites is 1. The van der Waals surface area contributed by atoms with Gasteiger partial charge in [-0.1, -0.05) is 17.7 Å². The average molecular weight is 268 g/mol. The number of ether oxygens (including phenoxy) is 1. The molecule has 0 saturated heterocycles. The number of nitrogens with zero attached hydrogens (tertiary/aromatic N) is 1. The molecule has 1 aromatic carbocycles. The first-order valence-electron chi connectivity index (χ1n) is 5.31. The Kier molecular flexibility index (Phi) is 3.67. The van der Waals surface area contributed by atoms with Crippen molar-refractivity contribution in [3.8, 4) is 5.75 Å². The molecule has 3 nitrogen and oxygen atoms in total. The van der Waals surface area contributed by atoms with Crippen LogP contribution in [0.3, 0.4) is 0 Å². The normalized spacial score (nSPS) is 10.4. The summed E-state index contributed by atoms with van der Waals surface area (Å²) in [5.41, 5.74) is 0.502. The molecule has 0 N–H and O–H groups in total. The zero-order chi connectivity index (χ0) is 13.1. The van der Waals surface area contributed by atoms with Gasteiger partial charge in [0.25, 0.3) is 0 Å². The van der Waals surface area contributed by atoms with E-state index in [0.29, 0.717) is 5.69 Å². The Balaban J connectivity index is 2.09. The second-order valence-corrected chi connectivity index (χ2v) is 4.17. The number of aromatic nitrogens is 1. The van der Waals surface area contributed by atoms with Crippen LogP contribution in [-0.4, -0.2) is 17.0 Å². The Morgan fingerprint density at radius 2 is 2.17 bits per heavy atom. The first-order valence-corrected chi connectivity index (χ1v) is 5.68. The summed E-state index contributed by atoms with van der Waals surface area (Å²) in [4.78, 5) is 11.8. The lowest BCUT2D eigenvalue weighted by atomic mass is 10.3. The van der Waals surface area contributed by atoms with E-state index >= 15 is 0 Å². The Bertz CT molecular complexity index is 560. The average Bonchev–Trinajstić information content (AvgIpc) is 2.74. The number of Topliss-reactive ketones (excluding diaryl/α,β-unsaturated/α-hetero) is 1. The molecule has 94 valence electrons. The molecule has 0 atom stereocenters. The number of rotatable bonds is 4. The van der Waals surface area contributed by atoms with Crippen molar-refractivity contribution in [1.29, 1.82) is 0 Å². The molecular weight excluding hydrogens is 257 g/mol. The van der Waals surface area contributed by atoms with E-state index in [1.165, 1.54) is 18.2 Å². The van der Waals surface area contributed by atoms with Crippen LogP contribution in [-0.2, 0) is 7.05 Å². The summed E-state index contributed by atoms with van der Waals surface area (Å²) in [5, 5.41) is 0.148. The fourth-order valence-corrected chi connectivity index (χ4v) is 1.80. The van der Waals surface area contributed by atoms with E-state index in [4.69, 9.17) is 16.3 Å². The van der Waals surface area contributed by atoms with E-state index in [9.17, 15) is 9.18 Å². The van der Waals surface area contributed by atoms with Crippen LogP contribution in [0.1, 0.15) is 10.5 Å². The van der Waals surface area contributed by atoms with Crippen LogP contribution in [0.5, 0.6) is 5.75 Å². The Morgan fingerprint density at radius 1 is 1.39 bits per heavy atom. The van der Waals surface area contributed by atoms with Gasteiger partial charge >= 0.3 is 0 Å². The highest BCUT2D eigenvalue weighted by atomic mass is 35.5. The highest BCUT2D eigenvalue weighted by Gasteiger charge is 2.13. The summed E-state index contributed by atoms with van der Waals surface area (Å²) in [5.74, 6) is -0.911. The number of hydrogen-bond donors (Lipinski definition) is 0. The van der Waals surface area contributed by atoms with E-state index in [1.807, 2.05) is 0 Å². The minimum absolute atomic E-state index is 0.0956. The maximum atomic E-state index is 13.4. The van der Waals surface area contributed by atoms with E-state index in [1.54, 1.807) is 29.9 Å². The predicted octanol–water partition coefficient (Wildman–Crippen LogP) is 3.08. The maximum absolute atomic E-state index is 13.4. The molecule has 0 aliphatic heterocycles. The van der Waals surface area contributed by atoms with Crippen LogP contribution in [0.2, 0.25) is 5.02 Å². The van der Waals surface area contributed by atoms with Crippen LogP contribution in [0.25, 0.3) is 0 Å². The highest BCUT2D eigenvalue weighted by molar-refractivity contribution is 6.32. The van der Waals surface area contributed by atoms with Gasteiger partial charge in [0.2, 0.25) is 5.78 Å². The van der Waals surface area contributed by atoms with Crippen molar-refractivity contribution in [2.24, 2.45) is 7.05 Å². The van der Waals surface area contributed by atoms with Crippen molar-refractivity contribution in [1.82, 2.24) is 4.57 Å². The lowest BCUT2D eigenvalue weighted by Gasteiger charge is -2.08. The second-order valence-electron chi connectivity index (χ2n) is 3.77. The van der Waals surface area contributed by atoms with Gasteiger partial charge in [-0.2, -0.15) is 0 Å². The third-order valence-corrected chi connectivity index (χ3v) is 2.79. The second kappa shape index (κ2) is 5.23. The van der Waals surface area contributed by atoms with Gasteiger partial charge in [-0.05, 0) is 24.3 Å². The number of carbonyl (C=O) groups is 1. The summed E-state index contributed by atoms with van der Waals surface area (Å²) in [6.07, 6.45) is 1.75.